The van der Waals surface area contributed by atoms with Gasteiger partial charge in [0, 0.05) is 6.54 Å². The van der Waals surface area contributed by atoms with Gasteiger partial charge in [0.1, 0.15) is 5.82 Å². The molecule has 106 valence electrons. The first kappa shape index (κ1) is 14.0. The molecule has 0 unspecified atom stereocenters. The van der Waals surface area contributed by atoms with Crippen LogP contribution in [0, 0.1) is 0 Å². The summed E-state index contributed by atoms with van der Waals surface area (Å²) < 4.78 is 11.1. The van der Waals surface area contributed by atoms with Gasteiger partial charge in [0.15, 0.2) is 0 Å². The maximum Gasteiger partial charge on any atom is 0.234 e. The van der Waals surface area contributed by atoms with Crippen molar-refractivity contribution < 1.29 is 9.47 Å². The average Bonchev–Trinajstić information content (AvgIpc) is 2.46. The van der Waals surface area contributed by atoms with Gasteiger partial charge in [-0.1, -0.05) is 0 Å². The molecule has 0 bridgehead atoms. The highest BCUT2D eigenvalue weighted by Gasteiger charge is 2.12. The zero-order valence-corrected chi connectivity index (χ0v) is 11.4. The summed E-state index contributed by atoms with van der Waals surface area (Å²) in [5, 5.41) is 6.51. The number of ether oxygens (including phenoxy) is 2. The number of anilines is 1. The summed E-state index contributed by atoms with van der Waals surface area (Å²) in [6.45, 7) is 6.05. The van der Waals surface area contributed by atoms with Gasteiger partial charge in [-0.2, -0.15) is 4.98 Å². The molecule has 6 nitrogen and oxygen atoms in total. The van der Waals surface area contributed by atoms with E-state index in [2.05, 4.69) is 20.6 Å². The van der Waals surface area contributed by atoms with E-state index in [1.807, 2.05) is 6.92 Å². The molecule has 0 radical (unpaired) electrons. The summed E-state index contributed by atoms with van der Waals surface area (Å²) in [6.07, 6.45) is 5.89. The summed E-state index contributed by atoms with van der Waals surface area (Å²) in [5.41, 5.74) is 0. The molecule has 2 N–H and O–H groups in total. The molecule has 1 aromatic rings. The van der Waals surface area contributed by atoms with Gasteiger partial charge in [-0.15, -0.1) is 0 Å². The van der Waals surface area contributed by atoms with Crippen molar-refractivity contribution in [1.82, 2.24) is 15.3 Å². The fraction of sp³-hybridized carbons (Fsp3) is 0.692. The van der Waals surface area contributed by atoms with Crippen LogP contribution in [0.1, 0.15) is 19.8 Å². The number of hydrogen-bond acceptors (Lipinski definition) is 6. The highest BCUT2D eigenvalue weighted by molar-refractivity contribution is 5.32. The van der Waals surface area contributed by atoms with Crippen LogP contribution in [-0.4, -0.2) is 48.9 Å². The van der Waals surface area contributed by atoms with E-state index >= 15 is 0 Å². The molecule has 19 heavy (non-hydrogen) atoms. The Morgan fingerprint density at radius 2 is 2.21 bits per heavy atom. The molecule has 1 aliphatic rings. The molecule has 1 aromatic heterocycles. The summed E-state index contributed by atoms with van der Waals surface area (Å²) in [4.78, 5) is 8.36. The predicted octanol–water partition coefficient (Wildman–Crippen LogP) is 1.06. The minimum Gasteiger partial charge on any atom is -0.477 e. The Labute approximate surface area is 113 Å². The zero-order chi connectivity index (χ0) is 13.3. The molecule has 0 aliphatic carbocycles. The third-order valence-electron chi connectivity index (χ3n) is 2.95. The lowest BCUT2D eigenvalue weighted by Gasteiger charge is -2.22. The number of nitrogens with one attached hydrogen (secondary N) is 2. The van der Waals surface area contributed by atoms with Crippen LogP contribution in [0.2, 0.25) is 0 Å². The van der Waals surface area contributed by atoms with Gasteiger partial charge in [-0.25, -0.2) is 0 Å². The molecule has 1 fully saturated rings. The van der Waals surface area contributed by atoms with Crippen LogP contribution in [0.3, 0.4) is 0 Å². The first-order valence-electron chi connectivity index (χ1n) is 6.89. The summed E-state index contributed by atoms with van der Waals surface area (Å²) in [5.74, 6) is 1.27. The summed E-state index contributed by atoms with van der Waals surface area (Å²) in [6, 6.07) is 0. The van der Waals surface area contributed by atoms with Crippen LogP contribution >= 0.6 is 0 Å². The third kappa shape index (κ3) is 5.00. The number of nitrogens with zero attached hydrogens (tertiary/aromatic N) is 2. The minimum atomic E-state index is 0.392. The van der Waals surface area contributed by atoms with Crippen molar-refractivity contribution in [2.24, 2.45) is 0 Å². The molecule has 6 heteroatoms. The number of aromatic nitrogens is 2. The molecule has 0 amide bonds. The first-order chi connectivity index (χ1) is 9.38. The van der Waals surface area contributed by atoms with Gasteiger partial charge in [0.2, 0.25) is 5.88 Å². The zero-order valence-electron chi connectivity index (χ0n) is 11.4. The van der Waals surface area contributed by atoms with Crippen LogP contribution in [0.25, 0.3) is 0 Å². The molecule has 2 rings (SSSR count). The fourth-order valence-electron chi connectivity index (χ4n) is 2.02. The fourth-order valence-corrected chi connectivity index (χ4v) is 2.02. The molecule has 0 atom stereocenters. The lowest BCUT2D eigenvalue weighted by atomic mass is 10.1. The smallest absolute Gasteiger partial charge is 0.234 e. The maximum atomic E-state index is 5.80. The van der Waals surface area contributed by atoms with E-state index in [1.54, 1.807) is 12.4 Å². The Morgan fingerprint density at radius 3 is 3.00 bits per heavy atom. The van der Waals surface area contributed by atoms with Gasteiger partial charge in [0.05, 0.1) is 31.7 Å². The topological polar surface area (TPSA) is 68.3 Å². The first-order valence-corrected chi connectivity index (χ1v) is 6.89. The molecule has 2 heterocycles. The van der Waals surface area contributed by atoms with E-state index in [9.17, 15) is 0 Å². The Bertz CT molecular complexity index is 369. The van der Waals surface area contributed by atoms with Gasteiger partial charge < -0.3 is 20.1 Å². The molecule has 0 spiro atoms. The highest BCUT2D eigenvalue weighted by Crippen LogP contribution is 2.09. The minimum absolute atomic E-state index is 0.392. The standard InChI is InChI=1S/C13H22N4O2/c1-2-18-13-10-15-9-12(17-13)16-7-8-19-11-3-5-14-6-4-11/h9-11,14H,2-8H2,1H3,(H,16,17). The van der Waals surface area contributed by atoms with E-state index in [0.717, 1.165) is 38.3 Å². The Hall–Kier alpha value is -1.40. The van der Waals surface area contributed by atoms with Crippen molar-refractivity contribution in [3.8, 4) is 5.88 Å². The van der Waals surface area contributed by atoms with E-state index in [1.165, 1.54) is 0 Å². The van der Waals surface area contributed by atoms with Crippen molar-refractivity contribution in [2.75, 3.05) is 38.2 Å². The van der Waals surface area contributed by atoms with E-state index in [4.69, 9.17) is 9.47 Å². The van der Waals surface area contributed by atoms with Crippen LogP contribution in [-0.2, 0) is 4.74 Å². The quantitative estimate of drug-likeness (QED) is 0.719. The Kier molecular flexibility index (Phi) is 5.84. The second-order valence-corrected chi connectivity index (χ2v) is 4.42. The van der Waals surface area contributed by atoms with E-state index < -0.39 is 0 Å². The monoisotopic (exact) mass is 266 g/mol. The van der Waals surface area contributed by atoms with E-state index in [-0.39, 0.29) is 0 Å². The second kappa shape index (κ2) is 7.91. The second-order valence-electron chi connectivity index (χ2n) is 4.42. The van der Waals surface area contributed by atoms with Crippen LogP contribution in [0.15, 0.2) is 12.4 Å². The number of piperidine rings is 1. The summed E-state index contributed by atoms with van der Waals surface area (Å²) >= 11 is 0. The van der Waals surface area contributed by atoms with Crippen molar-refractivity contribution in [3.05, 3.63) is 12.4 Å². The van der Waals surface area contributed by atoms with Crippen LogP contribution in [0.5, 0.6) is 5.88 Å². The van der Waals surface area contributed by atoms with Gasteiger partial charge in [-0.3, -0.25) is 4.98 Å². The van der Waals surface area contributed by atoms with Gasteiger partial charge in [-0.05, 0) is 32.9 Å². The van der Waals surface area contributed by atoms with Crippen LogP contribution < -0.4 is 15.4 Å². The molecule has 0 saturated carbocycles. The molecule has 0 aromatic carbocycles. The van der Waals surface area contributed by atoms with E-state index in [0.29, 0.717) is 25.2 Å². The van der Waals surface area contributed by atoms with Crippen molar-refractivity contribution in [3.63, 3.8) is 0 Å². The predicted molar refractivity (Wildman–Crippen MR) is 73.5 cm³/mol. The lowest BCUT2D eigenvalue weighted by Crippen LogP contribution is -2.33. The van der Waals surface area contributed by atoms with Crippen LogP contribution in [0.4, 0.5) is 5.82 Å². The lowest BCUT2D eigenvalue weighted by molar-refractivity contribution is 0.0394. The SMILES string of the molecule is CCOc1cncc(NCCOC2CCNCC2)n1. The van der Waals surface area contributed by atoms with Crippen molar-refractivity contribution in [2.45, 2.75) is 25.9 Å². The van der Waals surface area contributed by atoms with Crippen molar-refractivity contribution in [1.29, 1.82) is 0 Å². The molecule has 1 aliphatic heterocycles. The Balaban J connectivity index is 1.65. The van der Waals surface area contributed by atoms with Gasteiger partial charge >= 0.3 is 0 Å². The third-order valence-corrected chi connectivity index (χ3v) is 2.95. The summed E-state index contributed by atoms with van der Waals surface area (Å²) in [7, 11) is 0. The molecular formula is C13H22N4O2. The number of hydrogen-bond donors (Lipinski definition) is 2. The average molecular weight is 266 g/mol. The Morgan fingerprint density at radius 1 is 1.37 bits per heavy atom. The normalized spacial score (nSPS) is 16.3. The van der Waals surface area contributed by atoms with Crippen molar-refractivity contribution >= 4 is 5.82 Å². The molecular weight excluding hydrogens is 244 g/mol. The largest absolute Gasteiger partial charge is 0.477 e. The number of rotatable bonds is 7. The highest BCUT2D eigenvalue weighted by atomic mass is 16.5. The maximum absolute atomic E-state index is 5.80. The van der Waals surface area contributed by atoms with Gasteiger partial charge in [0.25, 0.3) is 0 Å². The molecule has 1 saturated heterocycles.